The molecule has 0 radical (unpaired) electrons. The molecule has 4 amide bonds. The summed E-state index contributed by atoms with van der Waals surface area (Å²) in [5.41, 5.74) is 2.87. The van der Waals surface area contributed by atoms with Crippen LogP contribution in [0.1, 0.15) is 24.5 Å². The number of urea groups is 1. The number of anilines is 2. The van der Waals surface area contributed by atoms with Crippen molar-refractivity contribution in [2.24, 2.45) is 0 Å². The minimum absolute atomic E-state index is 0.0807. The molecule has 0 spiro atoms. The van der Waals surface area contributed by atoms with Gasteiger partial charge in [-0.2, -0.15) is 0 Å². The normalized spacial score (nSPS) is 15.8. The average molecular weight is 445 g/mol. The van der Waals surface area contributed by atoms with Gasteiger partial charge in [-0.3, -0.25) is 9.59 Å². The van der Waals surface area contributed by atoms with Crippen LogP contribution < -0.4 is 10.2 Å². The molecule has 168 valence electrons. The Bertz CT molecular complexity index is 1150. The Morgan fingerprint density at radius 2 is 1.55 bits per heavy atom. The number of nitrogens with zero attached hydrogens (tertiary/aromatic N) is 2. The van der Waals surface area contributed by atoms with E-state index < -0.39 is 23.8 Å². The summed E-state index contributed by atoms with van der Waals surface area (Å²) in [5, 5.41) is 2.80. The van der Waals surface area contributed by atoms with Gasteiger partial charge >= 0.3 is 6.03 Å². The third-order valence-electron chi connectivity index (χ3n) is 5.62. The predicted molar refractivity (Wildman–Crippen MR) is 124 cm³/mol. The van der Waals surface area contributed by atoms with Gasteiger partial charge in [0.05, 0.1) is 12.1 Å². The van der Waals surface area contributed by atoms with Crippen LogP contribution in [0.25, 0.3) is 0 Å². The molecule has 1 fully saturated rings. The van der Waals surface area contributed by atoms with Gasteiger partial charge in [-0.25, -0.2) is 14.1 Å². The molecule has 0 bridgehead atoms. The van der Waals surface area contributed by atoms with Crippen LogP contribution in [0.2, 0.25) is 0 Å². The molecule has 0 saturated carbocycles. The van der Waals surface area contributed by atoms with Crippen molar-refractivity contribution >= 4 is 29.2 Å². The van der Waals surface area contributed by atoms with Crippen molar-refractivity contribution in [3.63, 3.8) is 0 Å². The Labute approximate surface area is 191 Å². The summed E-state index contributed by atoms with van der Waals surface area (Å²) in [7, 11) is 0. The van der Waals surface area contributed by atoms with E-state index in [1.54, 1.807) is 42.5 Å². The van der Waals surface area contributed by atoms with Crippen molar-refractivity contribution in [3.8, 4) is 0 Å². The monoisotopic (exact) mass is 445 g/mol. The number of carbonyl (C=O) groups is 3. The van der Waals surface area contributed by atoms with Crippen LogP contribution in [-0.4, -0.2) is 28.8 Å². The Kier molecular flexibility index (Phi) is 6.49. The highest BCUT2D eigenvalue weighted by Crippen LogP contribution is 2.28. The van der Waals surface area contributed by atoms with Gasteiger partial charge in [-0.05, 0) is 53.9 Å². The number of hydrogen-bond donors (Lipinski definition) is 1. The number of para-hydroxylation sites is 1. The van der Waals surface area contributed by atoms with Crippen LogP contribution in [0.3, 0.4) is 0 Å². The molecule has 1 N–H and O–H groups in total. The number of halogens is 1. The largest absolute Gasteiger partial charge is 0.332 e. The first-order valence-electron chi connectivity index (χ1n) is 10.8. The summed E-state index contributed by atoms with van der Waals surface area (Å²) in [4.78, 5) is 41.7. The second kappa shape index (κ2) is 9.65. The van der Waals surface area contributed by atoms with Crippen molar-refractivity contribution in [1.29, 1.82) is 0 Å². The Morgan fingerprint density at radius 3 is 2.18 bits per heavy atom. The first kappa shape index (κ1) is 22.2. The van der Waals surface area contributed by atoms with Crippen molar-refractivity contribution < 1.29 is 18.8 Å². The lowest BCUT2D eigenvalue weighted by molar-refractivity contribution is -0.124. The van der Waals surface area contributed by atoms with E-state index in [4.69, 9.17) is 0 Å². The summed E-state index contributed by atoms with van der Waals surface area (Å²) in [6.07, 6.45) is 0.700. The summed E-state index contributed by atoms with van der Waals surface area (Å²) in [5.74, 6) is -1.23. The van der Waals surface area contributed by atoms with E-state index in [2.05, 4.69) is 5.32 Å². The lowest BCUT2D eigenvalue weighted by Gasteiger charge is -2.21. The lowest BCUT2D eigenvalue weighted by Crippen LogP contribution is -2.37. The highest BCUT2D eigenvalue weighted by atomic mass is 19.1. The second-order valence-electron chi connectivity index (χ2n) is 7.86. The topological polar surface area (TPSA) is 69.7 Å². The van der Waals surface area contributed by atoms with Gasteiger partial charge in [0.25, 0.3) is 5.91 Å². The van der Waals surface area contributed by atoms with Crippen LogP contribution in [0.4, 0.5) is 20.6 Å². The molecule has 3 aromatic rings. The molecule has 6 nitrogen and oxygen atoms in total. The second-order valence-corrected chi connectivity index (χ2v) is 7.86. The molecule has 7 heteroatoms. The van der Waals surface area contributed by atoms with Crippen LogP contribution >= 0.6 is 0 Å². The average Bonchev–Trinajstić information content (AvgIpc) is 3.05. The molecule has 33 heavy (non-hydrogen) atoms. The van der Waals surface area contributed by atoms with E-state index >= 15 is 0 Å². The van der Waals surface area contributed by atoms with E-state index in [-0.39, 0.29) is 18.9 Å². The minimum atomic E-state index is -0.974. The maximum Gasteiger partial charge on any atom is 0.332 e. The number of imide groups is 1. The highest BCUT2D eigenvalue weighted by molar-refractivity contribution is 6.22. The number of benzene rings is 3. The molecule has 1 aliphatic heterocycles. The molecular weight excluding hydrogens is 421 g/mol. The lowest BCUT2D eigenvalue weighted by atomic mass is 10.1. The van der Waals surface area contributed by atoms with Gasteiger partial charge in [0, 0.05) is 12.2 Å². The zero-order valence-corrected chi connectivity index (χ0v) is 18.2. The van der Waals surface area contributed by atoms with Crippen LogP contribution in [0.15, 0.2) is 78.9 Å². The smallest absolute Gasteiger partial charge is 0.326 e. The van der Waals surface area contributed by atoms with Gasteiger partial charge < -0.3 is 10.2 Å². The fourth-order valence-electron chi connectivity index (χ4n) is 3.83. The van der Waals surface area contributed by atoms with Gasteiger partial charge in [-0.1, -0.05) is 49.4 Å². The van der Waals surface area contributed by atoms with Crippen molar-refractivity contribution in [1.82, 2.24) is 4.90 Å². The zero-order valence-electron chi connectivity index (χ0n) is 18.2. The number of rotatable bonds is 7. The summed E-state index contributed by atoms with van der Waals surface area (Å²) < 4.78 is 13.3. The quantitative estimate of drug-likeness (QED) is 0.534. The maximum atomic E-state index is 13.3. The Morgan fingerprint density at radius 1 is 0.909 bits per heavy atom. The Balaban J connectivity index is 1.57. The van der Waals surface area contributed by atoms with Crippen molar-refractivity contribution in [2.75, 3.05) is 10.2 Å². The SMILES string of the molecule is CCc1ccc(NC(=O)CC2C(=O)N(c3ccccc3)C(=O)N2Cc2ccc(F)cc2)cc1. The molecule has 1 heterocycles. The first-order valence-corrected chi connectivity index (χ1v) is 10.8. The van der Waals surface area contributed by atoms with E-state index in [0.29, 0.717) is 16.9 Å². The molecular formula is C26H24FN3O3. The number of carbonyl (C=O) groups excluding carboxylic acids is 3. The van der Waals surface area contributed by atoms with Crippen LogP contribution in [0, 0.1) is 5.82 Å². The Hall–Kier alpha value is -4.00. The summed E-state index contributed by atoms with van der Waals surface area (Å²) in [6, 6.07) is 20.3. The summed E-state index contributed by atoms with van der Waals surface area (Å²) in [6.45, 7) is 2.13. The number of nitrogens with one attached hydrogen (secondary N) is 1. The van der Waals surface area contributed by atoms with Gasteiger partial charge in [0.15, 0.2) is 0 Å². The first-order chi connectivity index (χ1) is 16.0. The third kappa shape index (κ3) is 4.92. The van der Waals surface area contributed by atoms with Crippen molar-refractivity contribution in [2.45, 2.75) is 32.4 Å². The van der Waals surface area contributed by atoms with Crippen LogP contribution in [-0.2, 0) is 22.6 Å². The third-order valence-corrected chi connectivity index (χ3v) is 5.62. The molecule has 1 aliphatic rings. The standard InChI is InChI=1S/C26H24FN3O3/c1-2-18-10-14-21(15-11-18)28-24(31)16-23-25(32)30(22-6-4-3-5-7-22)26(33)29(23)17-19-8-12-20(27)13-9-19/h3-15,23H,2,16-17H2,1H3,(H,28,31). The van der Waals surface area contributed by atoms with Gasteiger partial charge in [0.1, 0.15) is 11.9 Å². The molecule has 0 aliphatic carbocycles. The fourth-order valence-corrected chi connectivity index (χ4v) is 3.83. The predicted octanol–water partition coefficient (Wildman–Crippen LogP) is 4.75. The molecule has 1 atom stereocenters. The van der Waals surface area contributed by atoms with Crippen molar-refractivity contribution in [3.05, 3.63) is 95.8 Å². The molecule has 4 rings (SSSR count). The molecule has 0 aromatic heterocycles. The number of aryl methyl sites for hydroxylation is 1. The fraction of sp³-hybridized carbons (Fsp3) is 0.192. The minimum Gasteiger partial charge on any atom is -0.326 e. The van der Waals surface area contributed by atoms with E-state index in [1.165, 1.54) is 17.0 Å². The van der Waals surface area contributed by atoms with Gasteiger partial charge in [-0.15, -0.1) is 0 Å². The van der Waals surface area contributed by atoms with Crippen LogP contribution in [0.5, 0.6) is 0 Å². The molecule has 1 saturated heterocycles. The number of hydrogen-bond acceptors (Lipinski definition) is 3. The van der Waals surface area contributed by atoms with Gasteiger partial charge in [0.2, 0.25) is 5.91 Å². The van der Waals surface area contributed by atoms with E-state index in [0.717, 1.165) is 16.9 Å². The van der Waals surface area contributed by atoms with E-state index in [1.807, 2.05) is 31.2 Å². The zero-order chi connectivity index (χ0) is 23.4. The molecule has 3 aromatic carbocycles. The molecule has 1 unspecified atom stereocenters. The number of amides is 4. The summed E-state index contributed by atoms with van der Waals surface area (Å²) >= 11 is 0. The van der Waals surface area contributed by atoms with E-state index in [9.17, 15) is 18.8 Å². The highest BCUT2D eigenvalue weighted by Gasteiger charge is 2.46. The maximum absolute atomic E-state index is 13.3.